The van der Waals surface area contributed by atoms with Crippen LogP contribution >= 0.6 is 0 Å². The molecule has 0 saturated carbocycles. The Hall–Kier alpha value is -4.40. The fraction of sp³-hybridized carbons (Fsp3) is 0.333. The molecule has 2 aromatic heterocycles. The van der Waals surface area contributed by atoms with Crippen LogP contribution in [0.1, 0.15) is 57.0 Å². The van der Waals surface area contributed by atoms with Gasteiger partial charge in [0.1, 0.15) is 17.2 Å². The lowest BCUT2D eigenvalue weighted by Crippen LogP contribution is -2.36. The average Bonchev–Trinajstić information content (AvgIpc) is 3.19. The number of rotatable bonds is 8. The second kappa shape index (κ2) is 10.4. The number of pyridine rings is 1. The summed E-state index contributed by atoms with van der Waals surface area (Å²) in [5.74, 6) is 0.654. The molecule has 204 valence electrons. The van der Waals surface area contributed by atoms with Crippen molar-refractivity contribution in [3.05, 3.63) is 82.0 Å². The Morgan fingerprint density at radius 1 is 1.05 bits per heavy atom. The lowest BCUT2D eigenvalue weighted by Gasteiger charge is -2.34. The number of aryl methyl sites for hydroxylation is 1. The summed E-state index contributed by atoms with van der Waals surface area (Å²) in [5.41, 5.74) is 3.17. The first kappa shape index (κ1) is 27.6. The molecule has 9 nitrogen and oxygen atoms in total. The molecule has 0 atom stereocenters. The number of methoxy groups -OCH3 is 1. The highest BCUT2D eigenvalue weighted by Gasteiger charge is 2.28. The van der Waals surface area contributed by atoms with E-state index in [-0.39, 0.29) is 28.0 Å². The van der Waals surface area contributed by atoms with Gasteiger partial charge in [-0.1, -0.05) is 26.8 Å². The number of nitro groups is 1. The number of hydrogen-bond acceptors (Lipinski definition) is 7. The number of nitrogens with zero attached hydrogens (tertiary/aromatic N) is 3. The number of nitrogens with one attached hydrogen (secondary N) is 1. The van der Waals surface area contributed by atoms with Crippen molar-refractivity contribution in [2.45, 2.75) is 53.5 Å². The van der Waals surface area contributed by atoms with E-state index in [2.05, 4.69) is 39.9 Å². The van der Waals surface area contributed by atoms with Crippen molar-refractivity contribution in [1.82, 2.24) is 9.38 Å². The van der Waals surface area contributed by atoms with Crippen molar-refractivity contribution < 1.29 is 19.2 Å². The van der Waals surface area contributed by atoms with Crippen molar-refractivity contribution in [3.63, 3.8) is 0 Å². The Morgan fingerprint density at radius 2 is 1.79 bits per heavy atom. The zero-order valence-electron chi connectivity index (χ0n) is 23.4. The number of imidazole rings is 1. The number of hydrogen-bond donors (Lipinski definition) is 1. The van der Waals surface area contributed by atoms with E-state index in [0.717, 1.165) is 34.7 Å². The van der Waals surface area contributed by atoms with Crippen molar-refractivity contribution in [3.8, 4) is 22.8 Å². The quantitative estimate of drug-likeness (QED) is 0.112. The first-order chi connectivity index (χ1) is 18.3. The first-order valence-electron chi connectivity index (χ1n) is 12.7. The van der Waals surface area contributed by atoms with Gasteiger partial charge in [0.25, 0.3) is 5.69 Å². The molecule has 0 radical (unpaired) electrons. The average molecular weight is 531 g/mol. The van der Waals surface area contributed by atoms with Crippen LogP contribution in [0, 0.1) is 22.5 Å². The van der Waals surface area contributed by atoms with Crippen LogP contribution in [0.3, 0.4) is 0 Å². The van der Waals surface area contributed by atoms with Crippen molar-refractivity contribution in [2.75, 3.05) is 12.4 Å². The summed E-state index contributed by atoms with van der Waals surface area (Å²) in [6, 6.07) is 14.7. The lowest BCUT2D eigenvalue weighted by molar-refractivity contribution is -0.384. The highest BCUT2D eigenvalue weighted by Crippen LogP contribution is 2.38. The number of fused-ring (bicyclic) bond motifs is 1. The summed E-state index contributed by atoms with van der Waals surface area (Å²) in [4.78, 5) is 28.2. The van der Waals surface area contributed by atoms with E-state index < -0.39 is 10.9 Å². The van der Waals surface area contributed by atoms with Crippen molar-refractivity contribution in [2.24, 2.45) is 5.41 Å². The molecule has 2 aromatic carbocycles. The van der Waals surface area contributed by atoms with Crippen LogP contribution < -0.4 is 14.8 Å². The largest absolute Gasteiger partial charge is 0.493 e. The summed E-state index contributed by atoms with van der Waals surface area (Å²) in [6.07, 6.45) is 2.93. The second-order valence-electron chi connectivity index (χ2n) is 11.6. The van der Waals surface area contributed by atoms with Gasteiger partial charge in [-0.3, -0.25) is 14.5 Å². The number of non-ortho nitro benzene ring substituents is 1. The molecule has 0 bridgehead atoms. The molecular weight excluding hydrogens is 496 g/mol. The molecule has 0 saturated heterocycles. The van der Waals surface area contributed by atoms with Gasteiger partial charge in [-0.05, 0) is 74.6 Å². The van der Waals surface area contributed by atoms with E-state index in [0.29, 0.717) is 5.75 Å². The molecule has 0 aliphatic rings. The fourth-order valence-corrected chi connectivity index (χ4v) is 4.96. The SMILES string of the molecule is COc1cc(-c2nc3cc(C)ccn3c2NC(C)(C)CC(C)(C)C)ccc1OC(=O)c1cccc([N+](=O)[O-])c1. The maximum atomic E-state index is 12.8. The van der Waals surface area contributed by atoms with Gasteiger partial charge in [0.2, 0.25) is 0 Å². The Balaban J connectivity index is 1.72. The van der Waals surface area contributed by atoms with Gasteiger partial charge in [0, 0.05) is 29.4 Å². The van der Waals surface area contributed by atoms with Gasteiger partial charge < -0.3 is 14.8 Å². The van der Waals surface area contributed by atoms with Gasteiger partial charge in [-0.2, -0.15) is 0 Å². The number of esters is 1. The maximum absolute atomic E-state index is 12.8. The Bertz CT molecular complexity index is 1550. The standard InChI is InChI=1S/C30H34N4O5/c1-19-13-14-33-25(15-19)31-26(27(33)32-30(5,6)18-29(2,3)4)20-11-12-23(24(17-20)38-7)39-28(35)21-9-8-10-22(16-21)34(36)37/h8-17,32H,18H2,1-7H3. The third-order valence-corrected chi connectivity index (χ3v) is 6.14. The second-order valence-corrected chi connectivity index (χ2v) is 11.6. The van der Waals surface area contributed by atoms with E-state index >= 15 is 0 Å². The third-order valence-electron chi connectivity index (χ3n) is 6.14. The Kier molecular flexibility index (Phi) is 7.37. The zero-order chi connectivity index (χ0) is 28.5. The van der Waals surface area contributed by atoms with E-state index in [9.17, 15) is 14.9 Å². The first-order valence-corrected chi connectivity index (χ1v) is 12.7. The molecule has 4 aromatic rings. The highest BCUT2D eigenvalue weighted by atomic mass is 16.6. The van der Waals surface area contributed by atoms with Crippen LogP contribution in [0.5, 0.6) is 11.5 Å². The third kappa shape index (κ3) is 6.37. The van der Waals surface area contributed by atoms with Gasteiger partial charge in [-0.25, -0.2) is 9.78 Å². The van der Waals surface area contributed by atoms with E-state index in [4.69, 9.17) is 14.5 Å². The molecule has 9 heteroatoms. The minimum atomic E-state index is -0.723. The number of ether oxygens (including phenoxy) is 2. The van der Waals surface area contributed by atoms with Crippen LogP contribution in [-0.4, -0.2) is 32.9 Å². The number of aromatic nitrogens is 2. The van der Waals surface area contributed by atoms with Gasteiger partial charge in [0.15, 0.2) is 11.5 Å². The molecule has 4 rings (SSSR count). The minimum Gasteiger partial charge on any atom is -0.493 e. The predicted octanol–water partition coefficient (Wildman–Crippen LogP) is 7.07. The lowest BCUT2D eigenvalue weighted by atomic mass is 9.82. The molecule has 0 spiro atoms. The summed E-state index contributed by atoms with van der Waals surface area (Å²) in [6.45, 7) is 13.0. The number of anilines is 1. The van der Waals surface area contributed by atoms with Gasteiger partial charge in [-0.15, -0.1) is 0 Å². The summed E-state index contributed by atoms with van der Waals surface area (Å²) >= 11 is 0. The van der Waals surface area contributed by atoms with Crippen LogP contribution in [0.2, 0.25) is 0 Å². The number of benzene rings is 2. The van der Waals surface area contributed by atoms with Crippen molar-refractivity contribution >= 4 is 23.1 Å². The minimum absolute atomic E-state index is 0.0682. The van der Waals surface area contributed by atoms with Crippen molar-refractivity contribution in [1.29, 1.82) is 0 Å². The van der Waals surface area contributed by atoms with Crippen LogP contribution in [0.25, 0.3) is 16.9 Å². The Labute approximate surface area is 227 Å². The molecule has 0 aliphatic heterocycles. The zero-order valence-corrected chi connectivity index (χ0v) is 23.4. The fourth-order valence-electron chi connectivity index (χ4n) is 4.96. The normalized spacial score (nSPS) is 11.9. The van der Waals surface area contributed by atoms with Crippen LogP contribution in [0.4, 0.5) is 11.5 Å². The smallest absolute Gasteiger partial charge is 0.343 e. The number of carbonyl (C=O) groups is 1. The molecular formula is C30H34N4O5. The van der Waals surface area contributed by atoms with Crippen LogP contribution in [-0.2, 0) is 0 Å². The monoisotopic (exact) mass is 530 g/mol. The van der Waals surface area contributed by atoms with E-state index in [1.807, 2.05) is 35.7 Å². The van der Waals surface area contributed by atoms with E-state index in [1.165, 1.54) is 31.4 Å². The highest BCUT2D eigenvalue weighted by molar-refractivity contribution is 5.92. The maximum Gasteiger partial charge on any atom is 0.343 e. The summed E-state index contributed by atoms with van der Waals surface area (Å²) in [5, 5.41) is 14.8. The van der Waals surface area contributed by atoms with Gasteiger partial charge in [0.05, 0.1) is 17.6 Å². The predicted molar refractivity (Wildman–Crippen MR) is 152 cm³/mol. The molecule has 2 heterocycles. The molecule has 39 heavy (non-hydrogen) atoms. The molecule has 0 unspecified atom stereocenters. The molecule has 0 aliphatic carbocycles. The molecule has 0 amide bonds. The molecule has 1 N–H and O–H groups in total. The molecule has 0 fully saturated rings. The van der Waals surface area contributed by atoms with E-state index in [1.54, 1.807) is 12.1 Å². The summed E-state index contributed by atoms with van der Waals surface area (Å²) in [7, 11) is 1.49. The Morgan fingerprint density at radius 3 is 2.46 bits per heavy atom. The summed E-state index contributed by atoms with van der Waals surface area (Å²) < 4.78 is 13.2. The topological polar surface area (TPSA) is 108 Å². The van der Waals surface area contributed by atoms with Gasteiger partial charge >= 0.3 is 5.97 Å². The number of nitro benzene ring substituents is 1. The van der Waals surface area contributed by atoms with Crippen LogP contribution in [0.15, 0.2) is 60.8 Å². The number of carbonyl (C=O) groups excluding carboxylic acids is 1.